The molecule has 0 fully saturated rings. The molecule has 0 unspecified atom stereocenters. The van der Waals surface area contributed by atoms with Crippen LogP contribution in [0.4, 0.5) is 11.4 Å². The van der Waals surface area contributed by atoms with E-state index in [1.807, 2.05) is 30.3 Å². The molecule has 156 valence electrons. The van der Waals surface area contributed by atoms with Gasteiger partial charge < -0.3 is 10.1 Å². The molecule has 3 rings (SSSR count). The molecule has 30 heavy (non-hydrogen) atoms. The standard InChI is InChI=1S/C23H24N2O4S/c1-3-18-12-14-21(15-13-18)29-17-23(26)24-19-8-7-11-22(16-19)30(27,28)25(2)20-9-5-4-6-10-20/h4-16H,3,17H2,1-2H3,(H,24,26). The lowest BCUT2D eigenvalue weighted by Crippen LogP contribution is -2.26. The van der Waals surface area contributed by atoms with Crippen LogP contribution in [0.2, 0.25) is 0 Å². The molecule has 0 aliphatic rings. The fraction of sp³-hybridized carbons (Fsp3) is 0.174. The topological polar surface area (TPSA) is 75.7 Å². The summed E-state index contributed by atoms with van der Waals surface area (Å²) in [6.07, 6.45) is 0.930. The molecule has 3 aromatic rings. The Labute approximate surface area is 177 Å². The van der Waals surface area contributed by atoms with Crippen molar-refractivity contribution in [3.63, 3.8) is 0 Å². The van der Waals surface area contributed by atoms with Gasteiger partial charge in [-0.05, 0) is 54.4 Å². The highest BCUT2D eigenvalue weighted by molar-refractivity contribution is 7.92. The van der Waals surface area contributed by atoms with Crippen LogP contribution in [-0.2, 0) is 21.2 Å². The number of aryl methyl sites for hydroxylation is 1. The van der Waals surface area contributed by atoms with E-state index in [1.165, 1.54) is 29.0 Å². The number of hydrogen-bond acceptors (Lipinski definition) is 4. The number of anilines is 2. The highest BCUT2D eigenvalue weighted by atomic mass is 32.2. The number of para-hydroxylation sites is 1. The number of nitrogens with zero attached hydrogens (tertiary/aromatic N) is 1. The average Bonchev–Trinajstić information content (AvgIpc) is 2.78. The van der Waals surface area contributed by atoms with E-state index in [-0.39, 0.29) is 17.4 Å². The highest BCUT2D eigenvalue weighted by Crippen LogP contribution is 2.23. The van der Waals surface area contributed by atoms with E-state index < -0.39 is 10.0 Å². The minimum atomic E-state index is -3.76. The first kappa shape index (κ1) is 21.4. The third kappa shape index (κ3) is 5.18. The Morgan fingerprint density at radius 3 is 2.33 bits per heavy atom. The van der Waals surface area contributed by atoms with Crippen molar-refractivity contribution in [1.82, 2.24) is 0 Å². The first-order valence-corrected chi connectivity index (χ1v) is 11.0. The molecule has 0 radical (unpaired) electrons. The molecule has 6 nitrogen and oxygen atoms in total. The Balaban J connectivity index is 1.66. The van der Waals surface area contributed by atoms with Crippen molar-refractivity contribution in [2.75, 3.05) is 23.3 Å². The summed E-state index contributed by atoms with van der Waals surface area (Å²) in [6.45, 7) is 1.89. The van der Waals surface area contributed by atoms with Crippen molar-refractivity contribution in [2.45, 2.75) is 18.2 Å². The van der Waals surface area contributed by atoms with Crippen LogP contribution in [0.15, 0.2) is 83.8 Å². The van der Waals surface area contributed by atoms with Crippen molar-refractivity contribution in [3.05, 3.63) is 84.4 Å². The van der Waals surface area contributed by atoms with Crippen LogP contribution >= 0.6 is 0 Å². The Bertz CT molecular complexity index is 1100. The minimum absolute atomic E-state index is 0.0859. The number of hydrogen-bond donors (Lipinski definition) is 1. The lowest BCUT2D eigenvalue weighted by molar-refractivity contribution is -0.118. The van der Waals surface area contributed by atoms with Crippen LogP contribution in [0.5, 0.6) is 5.75 Å². The maximum atomic E-state index is 12.9. The summed E-state index contributed by atoms with van der Waals surface area (Å²) in [5.74, 6) is 0.226. The summed E-state index contributed by atoms with van der Waals surface area (Å²) in [6, 6.07) is 22.5. The van der Waals surface area contributed by atoms with E-state index in [4.69, 9.17) is 4.74 Å². The zero-order valence-corrected chi connectivity index (χ0v) is 17.7. The summed E-state index contributed by atoms with van der Waals surface area (Å²) >= 11 is 0. The largest absolute Gasteiger partial charge is 0.484 e. The first-order chi connectivity index (χ1) is 14.4. The molecule has 7 heteroatoms. The number of amides is 1. The van der Waals surface area contributed by atoms with E-state index in [2.05, 4.69) is 12.2 Å². The van der Waals surface area contributed by atoms with Crippen molar-refractivity contribution >= 4 is 27.3 Å². The average molecular weight is 425 g/mol. The normalized spacial score (nSPS) is 11.0. The SMILES string of the molecule is CCc1ccc(OCC(=O)Nc2cccc(S(=O)(=O)N(C)c3ccccc3)c2)cc1. The molecule has 0 saturated heterocycles. The van der Waals surface area contributed by atoms with Gasteiger partial charge >= 0.3 is 0 Å². The molecule has 0 aromatic heterocycles. The van der Waals surface area contributed by atoms with E-state index in [0.29, 0.717) is 17.1 Å². The van der Waals surface area contributed by atoms with Crippen LogP contribution in [-0.4, -0.2) is 28.0 Å². The Morgan fingerprint density at radius 1 is 0.967 bits per heavy atom. The van der Waals surface area contributed by atoms with Gasteiger partial charge in [-0.25, -0.2) is 8.42 Å². The molecular weight excluding hydrogens is 400 g/mol. The van der Waals surface area contributed by atoms with E-state index >= 15 is 0 Å². The maximum Gasteiger partial charge on any atom is 0.264 e. The van der Waals surface area contributed by atoms with Gasteiger partial charge in [0, 0.05) is 12.7 Å². The van der Waals surface area contributed by atoms with Crippen LogP contribution in [0.3, 0.4) is 0 Å². The van der Waals surface area contributed by atoms with Gasteiger partial charge in [-0.1, -0.05) is 43.3 Å². The molecule has 0 spiro atoms. The monoisotopic (exact) mass is 424 g/mol. The fourth-order valence-corrected chi connectivity index (χ4v) is 4.08. The molecular formula is C23H24N2O4S. The van der Waals surface area contributed by atoms with Crippen molar-refractivity contribution in [1.29, 1.82) is 0 Å². The molecule has 3 aromatic carbocycles. The molecule has 0 aliphatic carbocycles. The van der Waals surface area contributed by atoms with Crippen molar-refractivity contribution < 1.29 is 17.9 Å². The van der Waals surface area contributed by atoms with Crippen LogP contribution < -0.4 is 14.4 Å². The van der Waals surface area contributed by atoms with Gasteiger partial charge in [0.15, 0.2) is 6.61 Å². The highest BCUT2D eigenvalue weighted by Gasteiger charge is 2.21. The number of carbonyl (C=O) groups excluding carboxylic acids is 1. The fourth-order valence-electron chi connectivity index (χ4n) is 2.84. The number of nitrogens with one attached hydrogen (secondary N) is 1. The zero-order chi connectivity index (χ0) is 21.6. The van der Waals surface area contributed by atoms with Crippen molar-refractivity contribution in [2.24, 2.45) is 0 Å². The van der Waals surface area contributed by atoms with Gasteiger partial charge in [0.2, 0.25) is 0 Å². The second-order valence-electron chi connectivity index (χ2n) is 6.67. The Kier molecular flexibility index (Phi) is 6.74. The maximum absolute atomic E-state index is 12.9. The summed E-state index contributed by atoms with van der Waals surface area (Å²) in [7, 11) is -2.27. The van der Waals surface area contributed by atoms with Gasteiger partial charge in [-0.15, -0.1) is 0 Å². The number of sulfonamides is 1. The molecule has 0 heterocycles. The minimum Gasteiger partial charge on any atom is -0.484 e. The van der Waals surface area contributed by atoms with E-state index in [9.17, 15) is 13.2 Å². The van der Waals surface area contributed by atoms with E-state index in [0.717, 1.165) is 6.42 Å². The molecule has 0 aliphatic heterocycles. The lowest BCUT2D eigenvalue weighted by atomic mass is 10.2. The molecule has 1 N–H and O–H groups in total. The Hall–Kier alpha value is -3.32. The molecule has 1 amide bonds. The first-order valence-electron chi connectivity index (χ1n) is 9.56. The number of benzene rings is 3. The van der Waals surface area contributed by atoms with Gasteiger partial charge in [-0.2, -0.15) is 0 Å². The van der Waals surface area contributed by atoms with Gasteiger partial charge in [0.1, 0.15) is 5.75 Å². The number of ether oxygens (including phenoxy) is 1. The third-order valence-corrected chi connectivity index (χ3v) is 6.38. The summed E-state index contributed by atoms with van der Waals surface area (Å²) < 4.78 is 32.5. The quantitative estimate of drug-likeness (QED) is 0.591. The second-order valence-corrected chi connectivity index (χ2v) is 8.64. The lowest BCUT2D eigenvalue weighted by Gasteiger charge is -2.19. The summed E-state index contributed by atoms with van der Waals surface area (Å²) in [5.41, 5.74) is 2.12. The second kappa shape index (κ2) is 9.45. The smallest absolute Gasteiger partial charge is 0.264 e. The van der Waals surface area contributed by atoms with Gasteiger partial charge in [0.25, 0.3) is 15.9 Å². The molecule has 0 atom stereocenters. The predicted molar refractivity (Wildman–Crippen MR) is 118 cm³/mol. The Morgan fingerprint density at radius 2 is 1.67 bits per heavy atom. The van der Waals surface area contributed by atoms with Crippen molar-refractivity contribution in [3.8, 4) is 5.75 Å². The third-order valence-electron chi connectivity index (χ3n) is 4.60. The number of rotatable bonds is 8. The zero-order valence-electron chi connectivity index (χ0n) is 16.9. The predicted octanol–water partition coefficient (Wildman–Crippen LogP) is 4.09. The van der Waals surface area contributed by atoms with Gasteiger partial charge in [0.05, 0.1) is 10.6 Å². The summed E-state index contributed by atoms with van der Waals surface area (Å²) in [4.78, 5) is 12.3. The van der Waals surface area contributed by atoms with Crippen LogP contribution in [0.1, 0.15) is 12.5 Å². The number of carbonyl (C=O) groups is 1. The molecule has 0 bridgehead atoms. The van der Waals surface area contributed by atoms with E-state index in [1.54, 1.807) is 36.4 Å². The van der Waals surface area contributed by atoms with Crippen LogP contribution in [0.25, 0.3) is 0 Å². The summed E-state index contributed by atoms with van der Waals surface area (Å²) in [5, 5.41) is 2.68. The van der Waals surface area contributed by atoms with Crippen LogP contribution in [0, 0.1) is 0 Å². The van der Waals surface area contributed by atoms with Gasteiger partial charge in [-0.3, -0.25) is 9.10 Å². The molecule has 0 saturated carbocycles.